The number of aromatic nitrogens is 3. The van der Waals surface area contributed by atoms with Gasteiger partial charge in [0.2, 0.25) is 0 Å². The van der Waals surface area contributed by atoms with Crippen molar-refractivity contribution < 1.29 is 0 Å². The van der Waals surface area contributed by atoms with Gasteiger partial charge < -0.3 is 15.2 Å². The first-order valence-electron chi connectivity index (χ1n) is 9.67. The topological polar surface area (TPSA) is 56.8 Å². The van der Waals surface area contributed by atoms with Crippen molar-refractivity contribution in [3.63, 3.8) is 0 Å². The van der Waals surface area contributed by atoms with E-state index in [-0.39, 0.29) is 0 Å². The Hall–Kier alpha value is -1.46. The summed E-state index contributed by atoms with van der Waals surface area (Å²) in [4.78, 5) is 15.8. The van der Waals surface area contributed by atoms with Crippen LogP contribution in [0.3, 0.4) is 0 Å². The van der Waals surface area contributed by atoms with Crippen LogP contribution in [0.25, 0.3) is 11.2 Å². The molecule has 3 aliphatic rings. The summed E-state index contributed by atoms with van der Waals surface area (Å²) in [5.41, 5.74) is 4.69. The monoisotopic (exact) mass is 325 g/mol. The van der Waals surface area contributed by atoms with Crippen LogP contribution in [0.15, 0.2) is 12.4 Å². The highest BCUT2D eigenvalue weighted by Gasteiger charge is 2.32. The molecular weight excluding hydrogens is 298 g/mol. The summed E-state index contributed by atoms with van der Waals surface area (Å²) in [6.45, 7) is 4.71. The molecule has 5 nitrogen and oxygen atoms in total. The highest BCUT2D eigenvalue weighted by atomic mass is 15.2. The van der Waals surface area contributed by atoms with Crippen LogP contribution in [0.1, 0.15) is 61.6 Å². The van der Waals surface area contributed by atoms with Gasteiger partial charge in [-0.2, -0.15) is 0 Å². The molecule has 128 valence electrons. The van der Waals surface area contributed by atoms with Crippen LogP contribution in [-0.2, 0) is 0 Å². The van der Waals surface area contributed by atoms with E-state index in [0.29, 0.717) is 11.8 Å². The Kier molecular flexibility index (Phi) is 3.78. The number of rotatable bonds is 3. The van der Waals surface area contributed by atoms with Crippen molar-refractivity contribution in [2.45, 2.75) is 56.4 Å². The molecule has 0 atom stereocenters. The molecule has 0 spiro atoms. The number of likely N-dealkylation sites (tertiary alicyclic amines) is 1. The van der Waals surface area contributed by atoms with E-state index in [0.717, 1.165) is 30.3 Å². The lowest BCUT2D eigenvalue weighted by atomic mass is 9.91. The van der Waals surface area contributed by atoms with Crippen molar-refractivity contribution in [1.29, 1.82) is 0 Å². The second-order valence-corrected chi connectivity index (χ2v) is 7.80. The standard InChI is InChI=1S/C19H27N5/c1-2-15(1)24-9-5-14(6-10-24)17-12-22-19-18(23-17)16(11-21-19)13-3-7-20-8-4-13/h11-15,20H,1-10H2,(H,21,22). The minimum atomic E-state index is 0.590. The average molecular weight is 325 g/mol. The molecule has 0 radical (unpaired) electrons. The Bertz CT molecular complexity index is 706. The minimum absolute atomic E-state index is 0.590. The lowest BCUT2D eigenvalue weighted by Crippen LogP contribution is -2.34. The number of hydrogen-bond donors (Lipinski definition) is 2. The summed E-state index contributed by atoms with van der Waals surface area (Å²) < 4.78 is 0. The second kappa shape index (κ2) is 6.12. The molecule has 2 aliphatic heterocycles. The van der Waals surface area contributed by atoms with Crippen LogP contribution >= 0.6 is 0 Å². The average Bonchev–Trinajstić information content (AvgIpc) is 3.42. The van der Waals surface area contributed by atoms with E-state index in [1.54, 1.807) is 0 Å². The van der Waals surface area contributed by atoms with Crippen LogP contribution in [0.5, 0.6) is 0 Å². The van der Waals surface area contributed by atoms with Gasteiger partial charge in [0.15, 0.2) is 5.65 Å². The number of hydrogen-bond acceptors (Lipinski definition) is 4. The first-order chi connectivity index (χ1) is 11.9. The van der Waals surface area contributed by atoms with E-state index in [4.69, 9.17) is 9.97 Å². The zero-order chi connectivity index (χ0) is 15.9. The quantitative estimate of drug-likeness (QED) is 0.911. The van der Waals surface area contributed by atoms with Crippen LogP contribution in [-0.4, -0.2) is 52.1 Å². The number of aromatic amines is 1. The van der Waals surface area contributed by atoms with Crippen LogP contribution in [0.2, 0.25) is 0 Å². The van der Waals surface area contributed by atoms with Crippen molar-refractivity contribution in [1.82, 2.24) is 25.2 Å². The van der Waals surface area contributed by atoms with Gasteiger partial charge in [-0.05, 0) is 70.6 Å². The Morgan fingerprint density at radius 1 is 0.958 bits per heavy atom. The van der Waals surface area contributed by atoms with Gasteiger partial charge in [-0.3, -0.25) is 0 Å². The molecule has 2 N–H and O–H groups in total. The third-order valence-electron chi connectivity index (χ3n) is 6.22. The summed E-state index contributed by atoms with van der Waals surface area (Å²) in [5, 5.41) is 3.46. The molecule has 2 aromatic heterocycles. The molecule has 4 heterocycles. The van der Waals surface area contributed by atoms with Crippen LogP contribution in [0, 0.1) is 0 Å². The van der Waals surface area contributed by atoms with E-state index in [2.05, 4.69) is 21.4 Å². The van der Waals surface area contributed by atoms with Gasteiger partial charge in [0.1, 0.15) is 5.52 Å². The molecule has 5 heteroatoms. The Labute approximate surface area is 143 Å². The fourth-order valence-electron chi connectivity index (χ4n) is 4.56. The zero-order valence-electron chi connectivity index (χ0n) is 14.3. The number of nitrogens with zero attached hydrogens (tertiary/aromatic N) is 3. The largest absolute Gasteiger partial charge is 0.345 e. The molecule has 0 amide bonds. The number of nitrogens with one attached hydrogen (secondary N) is 2. The van der Waals surface area contributed by atoms with Gasteiger partial charge in [0.25, 0.3) is 0 Å². The molecule has 1 aliphatic carbocycles. The number of piperidine rings is 2. The second-order valence-electron chi connectivity index (χ2n) is 7.80. The van der Waals surface area contributed by atoms with E-state index in [1.165, 1.54) is 62.9 Å². The van der Waals surface area contributed by atoms with Gasteiger partial charge in [0.05, 0.1) is 11.9 Å². The van der Waals surface area contributed by atoms with E-state index < -0.39 is 0 Å². The molecule has 0 unspecified atom stereocenters. The van der Waals surface area contributed by atoms with Crippen molar-refractivity contribution >= 4 is 11.2 Å². The first-order valence-corrected chi connectivity index (χ1v) is 9.67. The van der Waals surface area contributed by atoms with Gasteiger partial charge >= 0.3 is 0 Å². The van der Waals surface area contributed by atoms with Gasteiger partial charge in [-0.15, -0.1) is 0 Å². The molecule has 3 fully saturated rings. The zero-order valence-corrected chi connectivity index (χ0v) is 14.3. The maximum absolute atomic E-state index is 5.09. The summed E-state index contributed by atoms with van der Waals surface area (Å²) in [5.74, 6) is 1.22. The van der Waals surface area contributed by atoms with Gasteiger partial charge in [-0.25, -0.2) is 9.97 Å². The molecule has 24 heavy (non-hydrogen) atoms. The van der Waals surface area contributed by atoms with E-state index >= 15 is 0 Å². The fraction of sp³-hybridized carbons (Fsp3) is 0.684. The molecule has 1 saturated carbocycles. The summed E-state index contributed by atoms with van der Waals surface area (Å²) in [6, 6.07) is 0.899. The Morgan fingerprint density at radius 3 is 2.50 bits per heavy atom. The van der Waals surface area contributed by atoms with Gasteiger partial charge in [0, 0.05) is 23.7 Å². The maximum Gasteiger partial charge on any atom is 0.156 e. The fourth-order valence-corrected chi connectivity index (χ4v) is 4.56. The van der Waals surface area contributed by atoms with E-state index in [9.17, 15) is 0 Å². The Morgan fingerprint density at radius 2 is 1.75 bits per heavy atom. The smallest absolute Gasteiger partial charge is 0.156 e. The lowest BCUT2D eigenvalue weighted by Gasteiger charge is -2.31. The van der Waals surface area contributed by atoms with Crippen molar-refractivity contribution in [3.05, 3.63) is 23.7 Å². The third-order valence-corrected chi connectivity index (χ3v) is 6.22. The highest BCUT2D eigenvalue weighted by Crippen LogP contribution is 2.35. The van der Waals surface area contributed by atoms with Crippen molar-refractivity contribution in [3.8, 4) is 0 Å². The predicted octanol–water partition coefficient (Wildman–Crippen LogP) is 2.77. The number of fused-ring (bicyclic) bond motifs is 1. The van der Waals surface area contributed by atoms with Crippen LogP contribution < -0.4 is 5.32 Å². The lowest BCUT2D eigenvalue weighted by molar-refractivity contribution is 0.202. The van der Waals surface area contributed by atoms with Crippen molar-refractivity contribution in [2.24, 2.45) is 0 Å². The third kappa shape index (κ3) is 2.74. The number of H-pyrrole nitrogens is 1. The minimum Gasteiger partial charge on any atom is -0.345 e. The normalized spacial score (nSPS) is 24.7. The Balaban J connectivity index is 1.38. The summed E-state index contributed by atoms with van der Waals surface area (Å²) >= 11 is 0. The SMILES string of the molecule is c1nc2[nH]cc(C3CCNCC3)c2nc1C1CCN(C2CC2)CC1. The summed E-state index contributed by atoms with van der Waals surface area (Å²) in [6.07, 6.45) is 11.9. The predicted molar refractivity (Wildman–Crippen MR) is 95.3 cm³/mol. The highest BCUT2D eigenvalue weighted by molar-refractivity contribution is 5.75. The van der Waals surface area contributed by atoms with Gasteiger partial charge in [-0.1, -0.05) is 0 Å². The molecule has 2 aromatic rings. The molecule has 0 aromatic carbocycles. The first kappa shape index (κ1) is 14.8. The molecular formula is C19H27N5. The van der Waals surface area contributed by atoms with Crippen molar-refractivity contribution in [2.75, 3.05) is 26.2 Å². The van der Waals surface area contributed by atoms with Crippen LogP contribution in [0.4, 0.5) is 0 Å². The molecule has 5 rings (SSSR count). The summed E-state index contributed by atoms with van der Waals surface area (Å²) in [7, 11) is 0. The molecule has 2 saturated heterocycles. The maximum atomic E-state index is 5.09. The molecule has 0 bridgehead atoms. The van der Waals surface area contributed by atoms with E-state index in [1.807, 2.05) is 6.20 Å².